The average Bonchev–Trinajstić information content (AvgIpc) is 2.67. The fourth-order valence-corrected chi connectivity index (χ4v) is 3.14. The predicted molar refractivity (Wildman–Crippen MR) is 116 cm³/mol. The molecule has 3 rings (SSSR count). The Labute approximate surface area is 177 Å². The summed E-state index contributed by atoms with van der Waals surface area (Å²) in [6, 6.07) is 21.2. The van der Waals surface area contributed by atoms with Crippen molar-refractivity contribution >= 4 is 45.3 Å². The number of hydrazone groups is 1. The highest BCUT2D eigenvalue weighted by atomic mass is 79.9. The lowest BCUT2D eigenvalue weighted by atomic mass is 10.2. The smallest absolute Gasteiger partial charge is 0.119 e. The summed E-state index contributed by atoms with van der Waals surface area (Å²) in [6.07, 6.45) is 1.74. The van der Waals surface area contributed by atoms with Crippen LogP contribution in [0.5, 0.6) is 5.75 Å². The van der Waals surface area contributed by atoms with Crippen LogP contribution in [0.15, 0.2) is 76.3 Å². The minimum atomic E-state index is 0.462. The summed E-state index contributed by atoms with van der Waals surface area (Å²) in [4.78, 5) is 0. The Bertz CT molecular complexity index is 892. The number of nitrogens with one attached hydrogen (secondary N) is 1. The number of ether oxygens (including phenoxy) is 1. The van der Waals surface area contributed by atoms with Crippen LogP contribution in [0.3, 0.4) is 0 Å². The third kappa shape index (κ3) is 5.99. The van der Waals surface area contributed by atoms with Crippen molar-refractivity contribution in [1.82, 2.24) is 5.43 Å². The van der Waals surface area contributed by atoms with Crippen LogP contribution in [-0.2, 0) is 13.2 Å². The van der Waals surface area contributed by atoms with Crippen LogP contribution in [-0.4, -0.2) is 6.21 Å². The molecular weight excluding hydrogens is 447 g/mol. The second-order valence-corrected chi connectivity index (χ2v) is 7.51. The fourth-order valence-electron chi connectivity index (χ4n) is 2.34. The van der Waals surface area contributed by atoms with E-state index in [1.165, 1.54) is 0 Å². The molecule has 3 nitrogen and oxygen atoms in total. The molecule has 6 heteroatoms. The monoisotopic (exact) mass is 462 g/mol. The Kier molecular flexibility index (Phi) is 7.16. The number of nitrogens with zero attached hydrogens (tertiary/aromatic N) is 1. The molecule has 0 aliphatic rings. The Morgan fingerprint density at radius 2 is 1.59 bits per heavy atom. The van der Waals surface area contributed by atoms with Crippen LogP contribution in [0.1, 0.15) is 16.7 Å². The summed E-state index contributed by atoms with van der Waals surface area (Å²) in [5, 5.41) is 5.46. The summed E-state index contributed by atoms with van der Waals surface area (Å²) in [7, 11) is 0. The van der Waals surface area contributed by atoms with E-state index in [9.17, 15) is 0 Å². The summed E-state index contributed by atoms with van der Waals surface area (Å²) < 4.78 is 6.85. The van der Waals surface area contributed by atoms with Crippen molar-refractivity contribution in [2.24, 2.45) is 5.10 Å². The zero-order valence-electron chi connectivity index (χ0n) is 14.3. The molecule has 0 fully saturated rings. The minimum Gasteiger partial charge on any atom is -0.489 e. The molecule has 0 heterocycles. The maximum absolute atomic E-state index is 6.13. The predicted octanol–water partition coefficient (Wildman–Crippen LogP) is 6.46. The second kappa shape index (κ2) is 9.79. The first-order valence-corrected chi connectivity index (χ1v) is 9.83. The van der Waals surface area contributed by atoms with Crippen molar-refractivity contribution in [1.29, 1.82) is 0 Å². The van der Waals surface area contributed by atoms with Crippen molar-refractivity contribution < 1.29 is 4.74 Å². The normalized spacial score (nSPS) is 10.9. The van der Waals surface area contributed by atoms with Gasteiger partial charge in [0.05, 0.1) is 12.8 Å². The van der Waals surface area contributed by atoms with Crippen LogP contribution < -0.4 is 10.2 Å². The molecule has 3 aromatic carbocycles. The van der Waals surface area contributed by atoms with Crippen molar-refractivity contribution in [3.8, 4) is 5.75 Å². The van der Waals surface area contributed by atoms with Crippen LogP contribution in [0.2, 0.25) is 10.0 Å². The van der Waals surface area contributed by atoms with Gasteiger partial charge < -0.3 is 10.2 Å². The molecule has 0 aliphatic heterocycles. The van der Waals surface area contributed by atoms with Gasteiger partial charge in [0, 0.05) is 20.1 Å². The lowest BCUT2D eigenvalue weighted by Gasteiger charge is -2.07. The Hall–Kier alpha value is -2.01. The largest absolute Gasteiger partial charge is 0.489 e. The van der Waals surface area contributed by atoms with Gasteiger partial charge in [-0.2, -0.15) is 5.10 Å². The minimum absolute atomic E-state index is 0.462. The Morgan fingerprint density at radius 1 is 0.926 bits per heavy atom. The highest BCUT2D eigenvalue weighted by Crippen LogP contribution is 2.23. The lowest BCUT2D eigenvalue weighted by Crippen LogP contribution is -2.06. The Morgan fingerprint density at radius 3 is 2.26 bits per heavy atom. The van der Waals surface area contributed by atoms with Crippen LogP contribution in [0.4, 0.5) is 0 Å². The maximum Gasteiger partial charge on any atom is 0.119 e. The first kappa shape index (κ1) is 19.7. The third-order valence-electron chi connectivity index (χ3n) is 3.82. The van der Waals surface area contributed by atoms with Gasteiger partial charge in [-0.25, -0.2) is 0 Å². The van der Waals surface area contributed by atoms with Gasteiger partial charge in [0.1, 0.15) is 12.4 Å². The molecule has 0 unspecified atom stereocenters. The van der Waals surface area contributed by atoms with E-state index in [0.717, 1.165) is 26.9 Å². The zero-order valence-corrected chi connectivity index (χ0v) is 17.4. The molecule has 27 heavy (non-hydrogen) atoms. The summed E-state index contributed by atoms with van der Waals surface area (Å²) in [5.74, 6) is 0.811. The van der Waals surface area contributed by atoms with E-state index in [2.05, 4.69) is 26.5 Å². The van der Waals surface area contributed by atoms with Crippen LogP contribution >= 0.6 is 39.1 Å². The second-order valence-electron chi connectivity index (χ2n) is 5.78. The first-order valence-electron chi connectivity index (χ1n) is 8.28. The molecule has 0 saturated heterocycles. The SMILES string of the molecule is Clc1cccc(Cl)c1CN/N=C\c1ccc(OCc2ccc(Br)cc2)cc1. The van der Waals surface area contributed by atoms with E-state index >= 15 is 0 Å². The van der Waals surface area contributed by atoms with Gasteiger partial charge >= 0.3 is 0 Å². The highest BCUT2D eigenvalue weighted by molar-refractivity contribution is 9.10. The van der Waals surface area contributed by atoms with Crippen LogP contribution in [0, 0.1) is 0 Å². The Balaban J connectivity index is 1.50. The van der Waals surface area contributed by atoms with Crippen molar-refractivity contribution in [3.05, 3.63) is 97.9 Å². The molecule has 0 spiro atoms. The van der Waals surface area contributed by atoms with Crippen LogP contribution in [0.25, 0.3) is 0 Å². The maximum atomic E-state index is 6.13. The van der Waals surface area contributed by atoms with Crippen molar-refractivity contribution in [3.63, 3.8) is 0 Å². The number of benzene rings is 3. The number of hydrogen-bond donors (Lipinski definition) is 1. The first-order chi connectivity index (χ1) is 13.1. The van der Waals surface area contributed by atoms with Gasteiger partial charge in [-0.15, -0.1) is 0 Å². The molecule has 1 N–H and O–H groups in total. The molecule has 138 valence electrons. The number of halogens is 3. The summed E-state index contributed by atoms with van der Waals surface area (Å²) in [6.45, 7) is 0.990. The van der Waals surface area contributed by atoms with Gasteiger partial charge in [-0.1, -0.05) is 57.3 Å². The molecule has 0 bridgehead atoms. The highest BCUT2D eigenvalue weighted by Gasteiger charge is 2.03. The van der Waals surface area contributed by atoms with E-state index < -0.39 is 0 Å². The summed E-state index contributed by atoms with van der Waals surface area (Å²) in [5.41, 5.74) is 5.87. The molecule has 0 saturated carbocycles. The van der Waals surface area contributed by atoms with E-state index in [4.69, 9.17) is 27.9 Å². The average molecular weight is 464 g/mol. The fraction of sp³-hybridized carbons (Fsp3) is 0.0952. The van der Waals surface area contributed by atoms with Crippen molar-refractivity contribution in [2.45, 2.75) is 13.2 Å². The zero-order chi connectivity index (χ0) is 19.1. The van der Waals surface area contributed by atoms with Crippen molar-refractivity contribution in [2.75, 3.05) is 0 Å². The van der Waals surface area contributed by atoms with Gasteiger partial charge in [-0.05, 0) is 59.7 Å². The van der Waals surface area contributed by atoms with Gasteiger partial charge in [0.15, 0.2) is 0 Å². The van der Waals surface area contributed by atoms with Gasteiger partial charge in [-0.3, -0.25) is 0 Å². The van der Waals surface area contributed by atoms with Gasteiger partial charge in [0.2, 0.25) is 0 Å². The van der Waals surface area contributed by atoms with E-state index in [0.29, 0.717) is 23.2 Å². The third-order valence-corrected chi connectivity index (χ3v) is 5.06. The van der Waals surface area contributed by atoms with E-state index in [1.54, 1.807) is 18.3 Å². The molecule has 0 aromatic heterocycles. The molecule has 3 aromatic rings. The van der Waals surface area contributed by atoms with E-state index in [-0.39, 0.29) is 0 Å². The number of rotatable bonds is 7. The topological polar surface area (TPSA) is 33.6 Å². The molecule has 0 aliphatic carbocycles. The van der Waals surface area contributed by atoms with Gasteiger partial charge in [0.25, 0.3) is 0 Å². The molecule has 0 atom stereocenters. The molecule has 0 radical (unpaired) electrons. The quantitative estimate of drug-likeness (QED) is 0.322. The number of hydrogen-bond acceptors (Lipinski definition) is 3. The molecular formula is C21H17BrCl2N2O. The lowest BCUT2D eigenvalue weighted by molar-refractivity contribution is 0.306. The molecule has 0 amide bonds. The summed E-state index contributed by atoms with van der Waals surface area (Å²) >= 11 is 15.7. The van der Waals surface area contributed by atoms with E-state index in [1.807, 2.05) is 54.6 Å². The standard InChI is InChI=1S/C21H17BrCl2N2O/c22-17-8-4-16(5-9-17)14-27-18-10-6-15(7-11-18)12-25-26-13-19-20(23)2-1-3-21(19)24/h1-12,26H,13-14H2/b25-12-.